The molecule has 1 saturated heterocycles. The van der Waals surface area contributed by atoms with Crippen molar-refractivity contribution in [1.82, 2.24) is 0 Å². The number of carbonyl (C=O) groups excluding carboxylic acids is 3. The molecule has 1 N–H and O–H groups in total. The van der Waals surface area contributed by atoms with Crippen LogP contribution in [0.2, 0.25) is 0 Å². The molecular weight excluding hydrogens is 440 g/mol. The van der Waals surface area contributed by atoms with Gasteiger partial charge in [0.05, 0.1) is 5.41 Å². The fourth-order valence-electron chi connectivity index (χ4n) is 6.42. The topological polar surface area (TPSA) is 80.7 Å². The van der Waals surface area contributed by atoms with Gasteiger partial charge in [-0.05, 0) is 58.3 Å². The van der Waals surface area contributed by atoms with Crippen molar-refractivity contribution in [3.05, 3.63) is 70.5 Å². The second-order valence-electron chi connectivity index (χ2n) is 11.4. The highest BCUT2D eigenvalue weighted by Gasteiger charge is 2.76. The van der Waals surface area contributed by atoms with Gasteiger partial charge in [-0.2, -0.15) is 0 Å². The molecule has 4 atom stereocenters. The average Bonchev–Trinajstić information content (AvgIpc) is 3.12. The Hall–Kier alpha value is -2.79. The minimum atomic E-state index is -1.88. The first-order valence-electron chi connectivity index (χ1n) is 12.4. The van der Waals surface area contributed by atoms with Gasteiger partial charge in [-0.25, -0.2) is 0 Å². The SMILES string of the molecule is CC(C)=CCC1=C2O[C@@H](O)C[C@]23C[C@H](CC=C(C)C)C(C)(C)[C@](C(=O)c2ccccc2)(C1=O)C3=O. The van der Waals surface area contributed by atoms with Crippen molar-refractivity contribution in [2.24, 2.45) is 22.2 Å². The molecule has 1 aromatic rings. The average molecular weight is 477 g/mol. The number of aliphatic hydroxyl groups is 1. The second-order valence-corrected chi connectivity index (χ2v) is 11.4. The minimum Gasteiger partial charge on any atom is -0.468 e. The molecule has 3 aliphatic rings. The number of allylic oxidation sites excluding steroid dienone is 6. The molecule has 1 aliphatic heterocycles. The van der Waals surface area contributed by atoms with Gasteiger partial charge < -0.3 is 9.84 Å². The first-order chi connectivity index (χ1) is 16.4. The van der Waals surface area contributed by atoms with Crippen LogP contribution in [0.25, 0.3) is 0 Å². The second kappa shape index (κ2) is 8.70. The molecule has 0 radical (unpaired) electrons. The van der Waals surface area contributed by atoms with Crippen LogP contribution in [0, 0.1) is 22.2 Å². The molecule has 1 spiro atoms. The number of Topliss-reactive ketones (excluding diaryl/α,β-unsaturated/α-hetero) is 3. The Bertz CT molecular complexity index is 1160. The number of aliphatic hydroxyl groups excluding tert-OH is 1. The third-order valence-corrected chi connectivity index (χ3v) is 8.36. The summed E-state index contributed by atoms with van der Waals surface area (Å²) in [6, 6.07) is 8.66. The summed E-state index contributed by atoms with van der Waals surface area (Å²) in [5.74, 6) is -1.18. The number of benzene rings is 1. The molecule has 4 rings (SSSR count). The summed E-state index contributed by atoms with van der Waals surface area (Å²) >= 11 is 0. The van der Waals surface area contributed by atoms with Crippen LogP contribution in [0.15, 0.2) is 65.0 Å². The molecule has 1 aromatic carbocycles. The van der Waals surface area contributed by atoms with Crippen molar-refractivity contribution in [2.45, 2.75) is 73.5 Å². The lowest BCUT2D eigenvalue weighted by Gasteiger charge is -2.58. The maximum atomic E-state index is 14.6. The summed E-state index contributed by atoms with van der Waals surface area (Å²) in [5.41, 5.74) is -1.15. The highest BCUT2D eigenvalue weighted by atomic mass is 16.6. The molecular formula is C30H36O5. The Kier molecular flexibility index (Phi) is 6.29. The van der Waals surface area contributed by atoms with Crippen LogP contribution in [-0.4, -0.2) is 28.7 Å². The highest BCUT2D eigenvalue weighted by molar-refractivity contribution is 6.36. The lowest BCUT2D eigenvalue weighted by atomic mass is 9.39. The van der Waals surface area contributed by atoms with Crippen molar-refractivity contribution in [1.29, 1.82) is 0 Å². The van der Waals surface area contributed by atoms with Crippen LogP contribution >= 0.6 is 0 Å². The molecule has 2 aliphatic carbocycles. The largest absolute Gasteiger partial charge is 0.468 e. The van der Waals surface area contributed by atoms with Crippen molar-refractivity contribution in [3.8, 4) is 0 Å². The first kappa shape index (κ1) is 25.3. The lowest BCUT2D eigenvalue weighted by molar-refractivity contribution is -0.162. The third-order valence-electron chi connectivity index (χ3n) is 8.36. The van der Waals surface area contributed by atoms with Gasteiger partial charge in [0.1, 0.15) is 5.76 Å². The molecule has 0 amide bonds. The van der Waals surface area contributed by atoms with Gasteiger partial charge in [-0.3, -0.25) is 14.4 Å². The number of rotatable bonds is 6. The highest BCUT2D eigenvalue weighted by Crippen LogP contribution is 2.68. The fraction of sp³-hybridized carbons (Fsp3) is 0.500. The predicted molar refractivity (Wildman–Crippen MR) is 134 cm³/mol. The Balaban J connectivity index is 2.05. The zero-order valence-electron chi connectivity index (χ0n) is 21.6. The van der Waals surface area contributed by atoms with E-state index in [1.165, 1.54) is 0 Å². The number of ketones is 3. The van der Waals surface area contributed by atoms with E-state index in [9.17, 15) is 19.5 Å². The van der Waals surface area contributed by atoms with Gasteiger partial charge in [0.2, 0.25) is 0 Å². The summed E-state index contributed by atoms with van der Waals surface area (Å²) in [6.45, 7) is 11.7. The summed E-state index contributed by atoms with van der Waals surface area (Å²) in [5, 5.41) is 10.6. The minimum absolute atomic E-state index is 0.0674. The van der Waals surface area contributed by atoms with Crippen molar-refractivity contribution < 1.29 is 24.2 Å². The van der Waals surface area contributed by atoms with E-state index in [4.69, 9.17) is 4.74 Å². The molecule has 0 unspecified atom stereocenters. The standard InChI is InChI=1S/C30H36O5/c1-18(2)12-14-21-16-29-17-23(31)35-26(29)22(15-13-19(3)4)25(33)30(27(29)34,28(21,5)6)24(32)20-10-8-7-9-11-20/h7-13,21,23,31H,14-17H2,1-6H3/t21-,23+,29+,30+/m0/s1. The van der Waals surface area contributed by atoms with Crippen LogP contribution in [0.4, 0.5) is 0 Å². The quantitative estimate of drug-likeness (QED) is 0.321. The van der Waals surface area contributed by atoms with Crippen molar-refractivity contribution >= 4 is 17.3 Å². The van der Waals surface area contributed by atoms with Crippen LogP contribution in [0.5, 0.6) is 0 Å². The van der Waals surface area contributed by atoms with Crippen LogP contribution in [0.1, 0.15) is 77.6 Å². The number of ether oxygens (including phenoxy) is 1. The van der Waals surface area contributed by atoms with E-state index < -0.39 is 39.9 Å². The normalized spacial score (nSPS) is 30.9. The molecule has 35 heavy (non-hydrogen) atoms. The zero-order valence-corrected chi connectivity index (χ0v) is 21.6. The van der Waals surface area contributed by atoms with Gasteiger partial charge in [-0.15, -0.1) is 0 Å². The Labute approximate surface area is 207 Å². The maximum Gasteiger partial charge on any atom is 0.198 e. The molecule has 5 heteroatoms. The third kappa shape index (κ3) is 3.58. The van der Waals surface area contributed by atoms with Crippen molar-refractivity contribution in [3.63, 3.8) is 0 Å². The molecule has 1 saturated carbocycles. The van der Waals surface area contributed by atoms with E-state index in [-0.39, 0.29) is 24.5 Å². The Morgan fingerprint density at radius 2 is 1.66 bits per heavy atom. The van der Waals surface area contributed by atoms with E-state index in [1.54, 1.807) is 24.3 Å². The van der Waals surface area contributed by atoms with E-state index >= 15 is 0 Å². The van der Waals surface area contributed by atoms with E-state index in [0.717, 1.165) is 11.1 Å². The van der Waals surface area contributed by atoms with Gasteiger partial charge in [0.25, 0.3) is 0 Å². The van der Waals surface area contributed by atoms with Crippen LogP contribution in [-0.2, 0) is 14.3 Å². The smallest absolute Gasteiger partial charge is 0.198 e. The Morgan fingerprint density at radius 1 is 1.03 bits per heavy atom. The van der Waals surface area contributed by atoms with Gasteiger partial charge in [-0.1, -0.05) is 67.5 Å². The Morgan fingerprint density at radius 3 is 2.26 bits per heavy atom. The number of hydrogen-bond donors (Lipinski definition) is 1. The van der Waals surface area contributed by atoms with Crippen molar-refractivity contribution in [2.75, 3.05) is 0 Å². The first-order valence-corrected chi connectivity index (χ1v) is 12.4. The predicted octanol–water partition coefficient (Wildman–Crippen LogP) is 5.75. The van der Waals surface area contributed by atoms with E-state index in [0.29, 0.717) is 24.0 Å². The fourth-order valence-corrected chi connectivity index (χ4v) is 6.42. The van der Waals surface area contributed by atoms with Crippen LogP contribution < -0.4 is 0 Å². The number of fused-ring (bicyclic) bond motifs is 1. The van der Waals surface area contributed by atoms with Gasteiger partial charge in [0.15, 0.2) is 29.1 Å². The zero-order chi connectivity index (χ0) is 25.8. The summed E-state index contributed by atoms with van der Waals surface area (Å²) in [6.07, 6.45) is 4.24. The van der Waals surface area contributed by atoms with E-state index in [1.807, 2.05) is 53.7 Å². The maximum absolute atomic E-state index is 14.6. The molecule has 2 bridgehead atoms. The molecule has 186 valence electrons. The number of carbonyl (C=O) groups is 3. The van der Waals surface area contributed by atoms with Gasteiger partial charge >= 0.3 is 0 Å². The molecule has 0 aromatic heterocycles. The lowest BCUT2D eigenvalue weighted by Crippen LogP contribution is -2.69. The molecule has 2 fully saturated rings. The summed E-state index contributed by atoms with van der Waals surface area (Å²) in [7, 11) is 0. The van der Waals surface area contributed by atoms with Gasteiger partial charge in [0, 0.05) is 17.6 Å². The molecule has 1 heterocycles. The summed E-state index contributed by atoms with van der Waals surface area (Å²) in [4.78, 5) is 43.5. The molecule has 5 nitrogen and oxygen atoms in total. The van der Waals surface area contributed by atoms with E-state index in [2.05, 4.69) is 6.08 Å². The van der Waals surface area contributed by atoms with Crippen LogP contribution in [0.3, 0.4) is 0 Å². The summed E-state index contributed by atoms with van der Waals surface area (Å²) < 4.78 is 5.84. The number of hydrogen-bond acceptors (Lipinski definition) is 5. The monoisotopic (exact) mass is 476 g/mol.